The summed E-state index contributed by atoms with van der Waals surface area (Å²) in [6, 6.07) is 7.02. The van der Waals surface area contributed by atoms with Gasteiger partial charge in [-0.15, -0.1) is 0 Å². The number of ether oxygens (including phenoxy) is 1. The lowest BCUT2D eigenvalue weighted by Crippen LogP contribution is -2.21. The molecule has 18 heavy (non-hydrogen) atoms. The van der Waals surface area contributed by atoms with Gasteiger partial charge in [-0.05, 0) is 25.0 Å². The summed E-state index contributed by atoms with van der Waals surface area (Å²) in [5.41, 5.74) is 0.579. The van der Waals surface area contributed by atoms with Gasteiger partial charge in [-0.3, -0.25) is 9.20 Å². The summed E-state index contributed by atoms with van der Waals surface area (Å²) in [6.07, 6.45) is 4.13. The van der Waals surface area contributed by atoms with Gasteiger partial charge in [-0.25, -0.2) is 4.98 Å². The van der Waals surface area contributed by atoms with Crippen LogP contribution in [-0.4, -0.2) is 28.6 Å². The number of hydrogen-bond donors (Lipinski definition) is 1. The van der Waals surface area contributed by atoms with Crippen LogP contribution in [0.15, 0.2) is 35.3 Å². The Morgan fingerprint density at radius 3 is 3.28 bits per heavy atom. The number of hydrogen-bond acceptors (Lipinski definition) is 4. The molecule has 0 bridgehead atoms. The second-order valence-corrected chi connectivity index (χ2v) is 4.42. The predicted octanol–water partition coefficient (Wildman–Crippen LogP) is 1.29. The van der Waals surface area contributed by atoms with E-state index in [4.69, 9.17) is 4.74 Å². The smallest absolute Gasteiger partial charge is 0.259 e. The van der Waals surface area contributed by atoms with Crippen molar-refractivity contribution < 1.29 is 4.74 Å². The number of nitrogens with one attached hydrogen (secondary N) is 1. The number of anilines is 1. The fraction of sp³-hybridized carbons (Fsp3) is 0.385. The topological polar surface area (TPSA) is 55.6 Å². The third-order valence-corrected chi connectivity index (χ3v) is 3.11. The molecule has 5 heteroatoms. The summed E-state index contributed by atoms with van der Waals surface area (Å²) in [4.78, 5) is 16.2. The summed E-state index contributed by atoms with van der Waals surface area (Å²) < 4.78 is 7.04. The van der Waals surface area contributed by atoms with E-state index in [1.807, 2.05) is 18.2 Å². The third kappa shape index (κ3) is 2.22. The molecular formula is C13H15N3O2. The van der Waals surface area contributed by atoms with E-state index in [1.54, 1.807) is 6.20 Å². The summed E-state index contributed by atoms with van der Waals surface area (Å²) in [7, 11) is 0. The highest BCUT2D eigenvalue weighted by atomic mass is 16.5. The zero-order valence-corrected chi connectivity index (χ0v) is 10.0. The van der Waals surface area contributed by atoms with E-state index in [0.717, 1.165) is 19.4 Å². The molecule has 0 amide bonds. The molecule has 1 saturated heterocycles. The Balaban J connectivity index is 1.81. The Morgan fingerprint density at radius 2 is 2.44 bits per heavy atom. The minimum absolute atomic E-state index is 0.0737. The Kier molecular flexibility index (Phi) is 2.98. The second-order valence-electron chi connectivity index (χ2n) is 4.42. The van der Waals surface area contributed by atoms with Gasteiger partial charge in [0.15, 0.2) is 0 Å². The Hall–Kier alpha value is -1.88. The van der Waals surface area contributed by atoms with E-state index in [0.29, 0.717) is 18.0 Å². The van der Waals surface area contributed by atoms with Crippen LogP contribution in [0.3, 0.4) is 0 Å². The maximum atomic E-state index is 11.8. The van der Waals surface area contributed by atoms with Gasteiger partial charge in [0.25, 0.3) is 5.56 Å². The number of aromatic nitrogens is 2. The van der Waals surface area contributed by atoms with Crippen LogP contribution >= 0.6 is 0 Å². The van der Waals surface area contributed by atoms with Gasteiger partial charge < -0.3 is 10.1 Å². The standard InChI is InChI=1S/C13H15N3O2/c17-13-8-11(14-9-10-4-3-7-18-10)15-12-5-1-2-6-16(12)13/h1-2,5-6,8,10,14H,3-4,7,9H2/t10-/m0/s1. The fourth-order valence-electron chi connectivity index (χ4n) is 2.17. The molecule has 94 valence electrons. The zero-order chi connectivity index (χ0) is 12.4. The van der Waals surface area contributed by atoms with Crippen molar-refractivity contribution in [3.05, 3.63) is 40.8 Å². The van der Waals surface area contributed by atoms with E-state index in [2.05, 4.69) is 10.3 Å². The van der Waals surface area contributed by atoms with Crippen molar-refractivity contribution in [2.75, 3.05) is 18.5 Å². The molecule has 0 saturated carbocycles. The molecular weight excluding hydrogens is 230 g/mol. The second kappa shape index (κ2) is 4.78. The normalized spacial score (nSPS) is 19.2. The Labute approximate surface area is 104 Å². The molecule has 0 radical (unpaired) electrons. The number of nitrogens with zero attached hydrogens (tertiary/aromatic N) is 2. The molecule has 0 aromatic carbocycles. The van der Waals surface area contributed by atoms with Crippen LogP contribution in [0, 0.1) is 0 Å². The Bertz CT molecular complexity index is 602. The summed E-state index contributed by atoms with van der Waals surface area (Å²) in [5.74, 6) is 0.613. The summed E-state index contributed by atoms with van der Waals surface area (Å²) in [5, 5.41) is 3.17. The van der Waals surface area contributed by atoms with Crippen LogP contribution in [0.25, 0.3) is 5.65 Å². The van der Waals surface area contributed by atoms with Crippen LogP contribution in [0.1, 0.15) is 12.8 Å². The van der Waals surface area contributed by atoms with Crippen molar-refractivity contribution in [1.82, 2.24) is 9.38 Å². The van der Waals surface area contributed by atoms with Crippen LogP contribution in [-0.2, 0) is 4.74 Å². The van der Waals surface area contributed by atoms with E-state index in [9.17, 15) is 4.79 Å². The van der Waals surface area contributed by atoms with Crippen molar-refractivity contribution in [2.24, 2.45) is 0 Å². The van der Waals surface area contributed by atoms with Gasteiger partial charge >= 0.3 is 0 Å². The number of fused-ring (bicyclic) bond motifs is 1. The molecule has 1 fully saturated rings. The lowest BCUT2D eigenvalue weighted by atomic mass is 10.2. The minimum Gasteiger partial charge on any atom is -0.376 e. The van der Waals surface area contributed by atoms with Crippen LogP contribution in [0.5, 0.6) is 0 Å². The Morgan fingerprint density at radius 1 is 1.50 bits per heavy atom. The average molecular weight is 245 g/mol. The van der Waals surface area contributed by atoms with Gasteiger partial charge in [-0.2, -0.15) is 0 Å². The number of rotatable bonds is 3. The molecule has 0 spiro atoms. The van der Waals surface area contributed by atoms with E-state index < -0.39 is 0 Å². The van der Waals surface area contributed by atoms with Crippen LogP contribution in [0.4, 0.5) is 5.82 Å². The lowest BCUT2D eigenvalue weighted by molar-refractivity contribution is 0.120. The largest absolute Gasteiger partial charge is 0.376 e. The van der Waals surface area contributed by atoms with Crippen molar-refractivity contribution in [3.63, 3.8) is 0 Å². The van der Waals surface area contributed by atoms with Gasteiger partial charge in [-0.1, -0.05) is 6.07 Å². The minimum atomic E-state index is -0.0737. The molecule has 0 unspecified atom stereocenters. The van der Waals surface area contributed by atoms with Gasteiger partial charge in [0, 0.05) is 25.4 Å². The SMILES string of the molecule is O=c1cc(NC[C@@H]2CCCO2)nc2ccccn12. The van der Waals surface area contributed by atoms with Crippen LogP contribution in [0.2, 0.25) is 0 Å². The maximum Gasteiger partial charge on any atom is 0.259 e. The molecule has 1 aliphatic rings. The van der Waals surface area contributed by atoms with Crippen molar-refractivity contribution in [3.8, 4) is 0 Å². The highest BCUT2D eigenvalue weighted by Crippen LogP contribution is 2.12. The molecule has 1 atom stereocenters. The van der Waals surface area contributed by atoms with Crippen LogP contribution < -0.4 is 10.9 Å². The molecule has 5 nitrogen and oxygen atoms in total. The van der Waals surface area contributed by atoms with E-state index in [1.165, 1.54) is 10.5 Å². The predicted molar refractivity (Wildman–Crippen MR) is 68.9 cm³/mol. The van der Waals surface area contributed by atoms with E-state index >= 15 is 0 Å². The third-order valence-electron chi connectivity index (χ3n) is 3.11. The first-order valence-electron chi connectivity index (χ1n) is 6.17. The first-order valence-corrected chi connectivity index (χ1v) is 6.17. The molecule has 1 aliphatic heterocycles. The highest BCUT2D eigenvalue weighted by molar-refractivity contribution is 5.46. The first kappa shape index (κ1) is 11.2. The lowest BCUT2D eigenvalue weighted by Gasteiger charge is -2.11. The van der Waals surface area contributed by atoms with Crippen molar-refractivity contribution >= 4 is 11.5 Å². The monoisotopic (exact) mass is 245 g/mol. The molecule has 2 aromatic heterocycles. The zero-order valence-electron chi connectivity index (χ0n) is 10.0. The summed E-state index contributed by atoms with van der Waals surface area (Å²) in [6.45, 7) is 1.54. The van der Waals surface area contributed by atoms with E-state index in [-0.39, 0.29) is 11.7 Å². The van der Waals surface area contributed by atoms with Crippen molar-refractivity contribution in [2.45, 2.75) is 18.9 Å². The van der Waals surface area contributed by atoms with Gasteiger partial charge in [0.2, 0.25) is 0 Å². The quantitative estimate of drug-likeness (QED) is 0.885. The fourth-order valence-corrected chi connectivity index (χ4v) is 2.17. The molecule has 0 aliphatic carbocycles. The molecule has 3 heterocycles. The number of pyridine rings is 1. The van der Waals surface area contributed by atoms with Gasteiger partial charge in [0.05, 0.1) is 6.10 Å². The average Bonchev–Trinajstić information content (AvgIpc) is 2.90. The first-order chi connectivity index (χ1) is 8.83. The molecule has 1 N–H and O–H groups in total. The van der Waals surface area contributed by atoms with Crippen molar-refractivity contribution in [1.29, 1.82) is 0 Å². The molecule has 2 aromatic rings. The summed E-state index contributed by atoms with van der Waals surface area (Å²) >= 11 is 0. The molecule has 3 rings (SSSR count). The maximum absolute atomic E-state index is 11.8. The highest BCUT2D eigenvalue weighted by Gasteiger charge is 2.15. The van der Waals surface area contributed by atoms with Gasteiger partial charge in [0.1, 0.15) is 11.5 Å².